The summed E-state index contributed by atoms with van der Waals surface area (Å²) in [5.41, 5.74) is 8.27. The molecule has 0 spiro atoms. The summed E-state index contributed by atoms with van der Waals surface area (Å²) in [6.07, 6.45) is 0. The molecule has 2 rings (SSSR count). The number of aromatic nitrogens is 2. The number of nitrogens with zero attached hydrogens (tertiary/aromatic N) is 2. The maximum absolute atomic E-state index is 13.1. The molecule has 16 heavy (non-hydrogen) atoms. The summed E-state index contributed by atoms with van der Waals surface area (Å²) in [4.78, 5) is 4.41. The molecule has 0 fully saturated rings. The second kappa shape index (κ2) is 4.06. The number of rotatable bonds is 2. The molecular weight excluding hydrogens is 205 g/mol. The molecule has 2 aromatic rings. The van der Waals surface area contributed by atoms with Crippen LogP contribution in [0.15, 0.2) is 24.3 Å². The van der Waals surface area contributed by atoms with E-state index in [-0.39, 0.29) is 5.82 Å². The van der Waals surface area contributed by atoms with Gasteiger partial charge in [0, 0.05) is 19.2 Å². The lowest BCUT2D eigenvalue weighted by Gasteiger charge is -2.04. The van der Waals surface area contributed by atoms with Crippen molar-refractivity contribution in [1.82, 2.24) is 9.55 Å². The Hall–Kier alpha value is -1.68. The SMILES string of the molecule is Cc1nc(-c2cccc(F)c2)n(C)c1CN. The molecule has 4 heteroatoms. The maximum Gasteiger partial charge on any atom is 0.140 e. The van der Waals surface area contributed by atoms with Crippen LogP contribution >= 0.6 is 0 Å². The van der Waals surface area contributed by atoms with E-state index in [1.54, 1.807) is 6.07 Å². The molecule has 1 heterocycles. The zero-order valence-electron chi connectivity index (χ0n) is 9.37. The molecule has 0 amide bonds. The van der Waals surface area contributed by atoms with Crippen molar-refractivity contribution >= 4 is 0 Å². The van der Waals surface area contributed by atoms with Gasteiger partial charge >= 0.3 is 0 Å². The fraction of sp³-hybridized carbons (Fsp3) is 0.250. The van der Waals surface area contributed by atoms with E-state index in [2.05, 4.69) is 4.98 Å². The highest BCUT2D eigenvalue weighted by Crippen LogP contribution is 2.21. The van der Waals surface area contributed by atoms with Crippen LogP contribution in [0.2, 0.25) is 0 Å². The van der Waals surface area contributed by atoms with Crippen molar-refractivity contribution < 1.29 is 4.39 Å². The molecule has 2 N–H and O–H groups in total. The summed E-state index contributed by atoms with van der Waals surface area (Å²) >= 11 is 0. The van der Waals surface area contributed by atoms with Crippen LogP contribution in [-0.2, 0) is 13.6 Å². The predicted octanol–water partition coefficient (Wildman–Crippen LogP) is 1.99. The van der Waals surface area contributed by atoms with Gasteiger partial charge in [-0.25, -0.2) is 9.37 Å². The van der Waals surface area contributed by atoms with Crippen molar-refractivity contribution in [2.75, 3.05) is 0 Å². The fourth-order valence-electron chi connectivity index (χ4n) is 1.84. The van der Waals surface area contributed by atoms with Crippen LogP contribution in [0.3, 0.4) is 0 Å². The first-order valence-corrected chi connectivity index (χ1v) is 5.11. The van der Waals surface area contributed by atoms with Crippen LogP contribution in [0.4, 0.5) is 4.39 Å². The molecular formula is C12H14FN3. The summed E-state index contributed by atoms with van der Waals surface area (Å²) in [5.74, 6) is 0.491. The lowest BCUT2D eigenvalue weighted by atomic mass is 10.2. The van der Waals surface area contributed by atoms with Crippen molar-refractivity contribution in [2.45, 2.75) is 13.5 Å². The quantitative estimate of drug-likeness (QED) is 0.839. The van der Waals surface area contributed by atoms with Crippen LogP contribution in [0.25, 0.3) is 11.4 Å². The van der Waals surface area contributed by atoms with E-state index in [9.17, 15) is 4.39 Å². The number of hydrogen-bond acceptors (Lipinski definition) is 2. The highest BCUT2D eigenvalue weighted by Gasteiger charge is 2.11. The van der Waals surface area contributed by atoms with E-state index in [1.807, 2.05) is 24.6 Å². The largest absolute Gasteiger partial charge is 0.330 e. The first-order valence-electron chi connectivity index (χ1n) is 5.11. The fourth-order valence-corrected chi connectivity index (χ4v) is 1.84. The molecule has 0 bridgehead atoms. The van der Waals surface area contributed by atoms with Crippen molar-refractivity contribution in [1.29, 1.82) is 0 Å². The molecule has 3 nitrogen and oxygen atoms in total. The van der Waals surface area contributed by atoms with Crippen LogP contribution in [0.1, 0.15) is 11.4 Å². The van der Waals surface area contributed by atoms with Gasteiger partial charge in [0.25, 0.3) is 0 Å². The lowest BCUT2D eigenvalue weighted by Crippen LogP contribution is -2.05. The molecule has 84 valence electrons. The minimum Gasteiger partial charge on any atom is -0.330 e. The average Bonchev–Trinajstić information content (AvgIpc) is 2.54. The number of imidazole rings is 1. The van der Waals surface area contributed by atoms with Crippen molar-refractivity contribution in [3.63, 3.8) is 0 Å². The highest BCUT2D eigenvalue weighted by atomic mass is 19.1. The minimum absolute atomic E-state index is 0.257. The van der Waals surface area contributed by atoms with Crippen molar-refractivity contribution in [2.24, 2.45) is 12.8 Å². The molecule has 1 aromatic heterocycles. The molecule has 0 saturated heterocycles. The second-order valence-corrected chi connectivity index (χ2v) is 3.74. The van der Waals surface area contributed by atoms with Gasteiger partial charge < -0.3 is 10.3 Å². The van der Waals surface area contributed by atoms with E-state index in [4.69, 9.17) is 5.73 Å². The van der Waals surface area contributed by atoms with Crippen LogP contribution in [-0.4, -0.2) is 9.55 Å². The zero-order valence-corrected chi connectivity index (χ0v) is 9.37. The summed E-state index contributed by atoms with van der Waals surface area (Å²) in [6, 6.07) is 6.41. The minimum atomic E-state index is -0.257. The Morgan fingerprint density at radius 1 is 1.44 bits per heavy atom. The van der Waals surface area contributed by atoms with Crippen LogP contribution in [0.5, 0.6) is 0 Å². The Morgan fingerprint density at radius 2 is 2.19 bits per heavy atom. The number of hydrogen-bond donors (Lipinski definition) is 1. The first kappa shape index (κ1) is 10.8. The monoisotopic (exact) mass is 219 g/mol. The van der Waals surface area contributed by atoms with Crippen molar-refractivity contribution in [3.8, 4) is 11.4 Å². The van der Waals surface area contributed by atoms with Gasteiger partial charge in [-0.3, -0.25) is 0 Å². The number of aryl methyl sites for hydroxylation is 1. The summed E-state index contributed by atoms with van der Waals surface area (Å²) < 4.78 is 15.0. The molecule has 0 radical (unpaired) electrons. The van der Waals surface area contributed by atoms with E-state index in [0.717, 1.165) is 22.8 Å². The Bertz CT molecular complexity index is 517. The van der Waals surface area contributed by atoms with Gasteiger partial charge in [-0.05, 0) is 19.1 Å². The van der Waals surface area contributed by atoms with Gasteiger partial charge in [0.05, 0.1) is 11.4 Å². The van der Waals surface area contributed by atoms with Gasteiger partial charge in [0.1, 0.15) is 11.6 Å². The van der Waals surface area contributed by atoms with E-state index < -0.39 is 0 Å². The Morgan fingerprint density at radius 3 is 2.75 bits per heavy atom. The van der Waals surface area contributed by atoms with Crippen LogP contribution < -0.4 is 5.73 Å². The zero-order chi connectivity index (χ0) is 11.7. The smallest absolute Gasteiger partial charge is 0.140 e. The highest BCUT2D eigenvalue weighted by molar-refractivity contribution is 5.56. The Labute approximate surface area is 93.7 Å². The Balaban J connectivity index is 2.56. The molecule has 0 aliphatic carbocycles. The average molecular weight is 219 g/mol. The molecule has 0 aliphatic heterocycles. The lowest BCUT2D eigenvalue weighted by molar-refractivity contribution is 0.628. The third-order valence-electron chi connectivity index (χ3n) is 2.69. The summed E-state index contributed by atoms with van der Waals surface area (Å²) in [5, 5.41) is 0. The molecule has 0 aliphatic rings. The number of halogens is 1. The number of benzene rings is 1. The van der Waals surface area contributed by atoms with Gasteiger partial charge in [-0.1, -0.05) is 12.1 Å². The molecule has 0 atom stereocenters. The Kier molecular flexibility index (Phi) is 2.75. The van der Waals surface area contributed by atoms with Gasteiger partial charge in [0.15, 0.2) is 0 Å². The maximum atomic E-state index is 13.1. The summed E-state index contributed by atoms with van der Waals surface area (Å²) in [7, 11) is 1.89. The van der Waals surface area contributed by atoms with Gasteiger partial charge in [0.2, 0.25) is 0 Å². The molecule has 1 aromatic carbocycles. The topological polar surface area (TPSA) is 43.8 Å². The van der Waals surface area contributed by atoms with Gasteiger partial charge in [-0.15, -0.1) is 0 Å². The predicted molar refractivity (Wildman–Crippen MR) is 61.2 cm³/mol. The summed E-state index contributed by atoms with van der Waals surface area (Å²) in [6.45, 7) is 2.34. The molecule has 0 saturated carbocycles. The van der Waals surface area contributed by atoms with E-state index >= 15 is 0 Å². The number of nitrogens with two attached hydrogens (primary N) is 1. The molecule has 0 unspecified atom stereocenters. The van der Waals surface area contributed by atoms with E-state index in [1.165, 1.54) is 12.1 Å². The third kappa shape index (κ3) is 1.72. The third-order valence-corrected chi connectivity index (χ3v) is 2.69. The van der Waals surface area contributed by atoms with Crippen LogP contribution in [0, 0.1) is 12.7 Å². The normalized spacial score (nSPS) is 10.8. The van der Waals surface area contributed by atoms with Gasteiger partial charge in [-0.2, -0.15) is 0 Å². The second-order valence-electron chi connectivity index (χ2n) is 3.74. The van der Waals surface area contributed by atoms with E-state index in [0.29, 0.717) is 6.54 Å². The standard InChI is InChI=1S/C12H14FN3/c1-8-11(7-14)16(2)12(15-8)9-4-3-5-10(13)6-9/h3-6H,7,14H2,1-2H3. The van der Waals surface area contributed by atoms with Crippen molar-refractivity contribution in [3.05, 3.63) is 41.5 Å². The first-order chi connectivity index (χ1) is 7.63.